The Labute approximate surface area is 153 Å². The number of rotatable bonds is 5. The topological polar surface area (TPSA) is 97.1 Å². The van der Waals surface area contributed by atoms with Gasteiger partial charge in [0.25, 0.3) is 5.56 Å². The maximum absolute atomic E-state index is 12.6. The third-order valence-corrected chi connectivity index (χ3v) is 5.59. The predicted molar refractivity (Wildman–Crippen MR) is 97.7 cm³/mol. The highest BCUT2D eigenvalue weighted by Gasteiger charge is 2.36. The average Bonchev–Trinajstić information content (AvgIpc) is 3.10. The lowest BCUT2D eigenvalue weighted by Crippen LogP contribution is -2.43. The molecule has 0 aliphatic heterocycles. The zero-order valence-electron chi connectivity index (χ0n) is 13.9. The molecule has 3 aromatic heterocycles. The Kier molecular flexibility index (Phi) is 4.52. The fraction of sp³-hybridized carbons (Fsp3) is 0.333. The molecule has 1 aliphatic carbocycles. The van der Waals surface area contributed by atoms with Crippen LogP contribution in [0, 0.1) is 5.92 Å². The van der Waals surface area contributed by atoms with Crippen LogP contribution in [0.25, 0.3) is 10.2 Å². The van der Waals surface area contributed by atoms with Gasteiger partial charge in [0.05, 0.1) is 29.7 Å². The van der Waals surface area contributed by atoms with Crippen LogP contribution < -0.4 is 10.9 Å². The van der Waals surface area contributed by atoms with E-state index in [2.05, 4.69) is 15.3 Å². The number of nitrogens with zero attached hydrogens (tertiary/aromatic N) is 3. The van der Waals surface area contributed by atoms with E-state index in [1.807, 2.05) is 23.6 Å². The number of pyridine rings is 1. The van der Waals surface area contributed by atoms with Crippen LogP contribution in [0.3, 0.4) is 0 Å². The van der Waals surface area contributed by atoms with Gasteiger partial charge < -0.3 is 10.4 Å². The molecule has 2 N–H and O–H groups in total. The summed E-state index contributed by atoms with van der Waals surface area (Å²) in [5.74, 6) is -0.139. The number of thiophene rings is 1. The molecule has 134 valence electrons. The number of fused-ring (bicyclic) bond motifs is 1. The zero-order valence-corrected chi connectivity index (χ0v) is 14.7. The fourth-order valence-electron chi connectivity index (χ4n) is 3.26. The molecule has 3 heterocycles. The highest BCUT2D eigenvalue weighted by atomic mass is 32.1. The second kappa shape index (κ2) is 6.97. The van der Waals surface area contributed by atoms with Crippen molar-refractivity contribution in [2.24, 2.45) is 5.92 Å². The van der Waals surface area contributed by atoms with Crippen LogP contribution >= 0.6 is 11.3 Å². The van der Waals surface area contributed by atoms with Crippen molar-refractivity contribution in [3.63, 3.8) is 0 Å². The minimum absolute atomic E-state index is 0.0989. The summed E-state index contributed by atoms with van der Waals surface area (Å²) in [6.07, 6.45) is 4.02. The van der Waals surface area contributed by atoms with Gasteiger partial charge >= 0.3 is 0 Å². The maximum atomic E-state index is 12.6. The van der Waals surface area contributed by atoms with Crippen LogP contribution in [0.1, 0.15) is 24.6 Å². The molecule has 0 bridgehead atoms. The normalized spacial score (nSPS) is 20.5. The van der Waals surface area contributed by atoms with E-state index in [9.17, 15) is 14.7 Å². The number of carbonyl (C=O) groups excluding carboxylic acids is 1. The molecule has 0 saturated heterocycles. The number of hydrogen-bond acceptors (Lipinski definition) is 6. The van der Waals surface area contributed by atoms with Crippen molar-refractivity contribution in [3.8, 4) is 0 Å². The molecule has 0 spiro atoms. The van der Waals surface area contributed by atoms with Gasteiger partial charge in [-0.3, -0.25) is 19.1 Å². The summed E-state index contributed by atoms with van der Waals surface area (Å²) in [6.45, 7) is -0.0989. The molecule has 7 nitrogen and oxygen atoms in total. The van der Waals surface area contributed by atoms with Gasteiger partial charge in [0.2, 0.25) is 5.91 Å². The van der Waals surface area contributed by atoms with E-state index < -0.39 is 0 Å². The zero-order chi connectivity index (χ0) is 18.1. The number of carbonyl (C=O) groups is 1. The Morgan fingerprint density at radius 2 is 2.19 bits per heavy atom. The van der Waals surface area contributed by atoms with Gasteiger partial charge in [0, 0.05) is 6.20 Å². The van der Waals surface area contributed by atoms with Crippen molar-refractivity contribution in [2.75, 3.05) is 0 Å². The summed E-state index contributed by atoms with van der Waals surface area (Å²) >= 11 is 1.32. The number of amides is 1. The Hall–Kier alpha value is -2.58. The van der Waals surface area contributed by atoms with E-state index in [1.54, 1.807) is 12.3 Å². The number of aliphatic hydroxyl groups excluding tert-OH is 1. The van der Waals surface area contributed by atoms with Crippen LogP contribution in [-0.4, -0.2) is 31.7 Å². The summed E-state index contributed by atoms with van der Waals surface area (Å²) in [7, 11) is 0. The minimum atomic E-state index is -0.323. The Bertz CT molecular complexity index is 979. The van der Waals surface area contributed by atoms with E-state index in [0.29, 0.717) is 23.1 Å². The molecule has 1 atom stereocenters. The standard InChI is InChI=1S/C18H18N4O3S/c23-12-7-11(8-12)16(13-3-1-2-5-19-13)21-15(24)9-22-10-20-14-4-6-26-17(14)18(22)25/h1-6,10-12,16,23H,7-9H2,(H,21,24). The van der Waals surface area contributed by atoms with Crippen molar-refractivity contribution >= 4 is 27.5 Å². The van der Waals surface area contributed by atoms with E-state index in [-0.39, 0.29) is 36.1 Å². The Morgan fingerprint density at radius 3 is 2.92 bits per heavy atom. The molecule has 1 fully saturated rings. The van der Waals surface area contributed by atoms with E-state index in [0.717, 1.165) is 5.69 Å². The molecule has 1 amide bonds. The first-order valence-corrected chi connectivity index (χ1v) is 9.31. The number of nitrogens with one attached hydrogen (secondary N) is 1. The highest BCUT2D eigenvalue weighted by molar-refractivity contribution is 7.17. The lowest BCUT2D eigenvalue weighted by molar-refractivity contribution is -0.123. The lowest BCUT2D eigenvalue weighted by Gasteiger charge is -2.37. The molecule has 26 heavy (non-hydrogen) atoms. The molecule has 4 rings (SSSR count). The van der Waals surface area contributed by atoms with Crippen molar-refractivity contribution in [2.45, 2.75) is 31.5 Å². The predicted octanol–water partition coefficient (Wildman–Crippen LogP) is 1.48. The van der Waals surface area contributed by atoms with Gasteiger partial charge in [-0.15, -0.1) is 11.3 Å². The third-order valence-electron chi connectivity index (χ3n) is 4.69. The summed E-state index contributed by atoms with van der Waals surface area (Å²) in [4.78, 5) is 33.6. The van der Waals surface area contributed by atoms with Crippen LogP contribution in [0.15, 0.2) is 47.0 Å². The van der Waals surface area contributed by atoms with Crippen molar-refractivity contribution in [1.29, 1.82) is 0 Å². The third kappa shape index (κ3) is 3.25. The van der Waals surface area contributed by atoms with E-state index in [4.69, 9.17) is 0 Å². The molecule has 1 aliphatic rings. The number of aliphatic hydroxyl groups is 1. The van der Waals surface area contributed by atoms with Crippen molar-refractivity contribution in [3.05, 3.63) is 58.2 Å². The Morgan fingerprint density at radius 1 is 1.35 bits per heavy atom. The molecular formula is C18H18N4O3S. The van der Waals surface area contributed by atoms with Crippen LogP contribution in [-0.2, 0) is 11.3 Å². The molecule has 0 radical (unpaired) electrons. The van der Waals surface area contributed by atoms with E-state index >= 15 is 0 Å². The molecule has 1 saturated carbocycles. The van der Waals surface area contributed by atoms with Crippen molar-refractivity contribution in [1.82, 2.24) is 19.9 Å². The molecule has 0 aromatic carbocycles. The smallest absolute Gasteiger partial charge is 0.271 e. The molecule has 1 unspecified atom stereocenters. The quantitative estimate of drug-likeness (QED) is 0.709. The largest absolute Gasteiger partial charge is 0.393 e. The summed E-state index contributed by atoms with van der Waals surface area (Å²) in [6, 6.07) is 7.06. The first kappa shape index (κ1) is 16.9. The van der Waals surface area contributed by atoms with Gasteiger partial charge in [-0.05, 0) is 42.3 Å². The minimum Gasteiger partial charge on any atom is -0.393 e. The van der Waals surface area contributed by atoms with Crippen LogP contribution in [0.5, 0.6) is 0 Å². The molecule has 3 aromatic rings. The summed E-state index contributed by atoms with van der Waals surface area (Å²) < 4.78 is 1.86. The number of hydrogen-bond donors (Lipinski definition) is 2. The first-order chi connectivity index (χ1) is 12.6. The maximum Gasteiger partial charge on any atom is 0.271 e. The van der Waals surface area contributed by atoms with Gasteiger partial charge in [-0.2, -0.15) is 0 Å². The van der Waals surface area contributed by atoms with Gasteiger partial charge in [-0.25, -0.2) is 4.98 Å². The number of aromatic nitrogens is 3. The fourth-order valence-corrected chi connectivity index (χ4v) is 4.05. The van der Waals surface area contributed by atoms with Gasteiger partial charge in [0.1, 0.15) is 11.2 Å². The first-order valence-electron chi connectivity index (χ1n) is 8.43. The van der Waals surface area contributed by atoms with Crippen LogP contribution in [0.2, 0.25) is 0 Å². The van der Waals surface area contributed by atoms with Gasteiger partial charge in [0.15, 0.2) is 0 Å². The highest BCUT2D eigenvalue weighted by Crippen LogP contribution is 2.37. The molecule has 8 heteroatoms. The molecular weight excluding hydrogens is 352 g/mol. The summed E-state index contributed by atoms with van der Waals surface area (Å²) in [5, 5.41) is 14.4. The van der Waals surface area contributed by atoms with Gasteiger partial charge in [-0.1, -0.05) is 6.07 Å². The second-order valence-corrected chi connectivity index (χ2v) is 7.41. The van der Waals surface area contributed by atoms with E-state index in [1.165, 1.54) is 22.2 Å². The van der Waals surface area contributed by atoms with Crippen LogP contribution in [0.4, 0.5) is 0 Å². The second-order valence-electron chi connectivity index (χ2n) is 6.50. The average molecular weight is 370 g/mol. The van der Waals surface area contributed by atoms with Crippen molar-refractivity contribution < 1.29 is 9.90 Å². The summed E-state index contributed by atoms with van der Waals surface area (Å²) in [5.41, 5.74) is 1.19. The monoisotopic (exact) mass is 370 g/mol. The SMILES string of the molecule is O=C(Cn1cnc2ccsc2c1=O)NC(c1ccccn1)C1CC(O)C1. The Balaban J connectivity index is 1.52. The lowest BCUT2D eigenvalue weighted by atomic mass is 9.76.